The molecule has 1 rings (SSSR count). The molecule has 7 heteroatoms. The number of benzene rings is 1. The van der Waals surface area contributed by atoms with Gasteiger partial charge in [0, 0.05) is 11.7 Å². The average molecular weight is 305 g/mol. The van der Waals surface area contributed by atoms with E-state index in [1.165, 1.54) is 25.1 Å². The van der Waals surface area contributed by atoms with Crippen molar-refractivity contribution in [3.63, 3.8) is 0 Å². The van der Waals surface area contributed by atoms with E-state index in [-0.39, 0.29) is 16.0 Å². The minimum atomic E-state index is -3.83. The molecule has 0 aromatic heterocycles. The summed E-state index contributed by atoms with van der Waals surface area (Å²) in [7, 11) is -3.83. The Morgan fingerprint density at radius 3 is 2.37 bits per heavy atom. The molecule has 0 aliphatic carbocycles. The van der Waals surface area contributed by atoms with Crippen molar-refractivity contribution < 1.29 is 13.2 Å². The first-order chi connectivity index (χ1) is 8.66. The molecule has 1 atom stereocenters. The monoisotopic (exact) mass is 304 g/mol. The number of carbonyl (C=O) groups is 1. The van der Waals surface area contributed by atoms with Crippen molar-refractivity contribution in [2.24, 2.45) is 0 Å². The maximum absolute atomic E-state index is 12.3. The molecule has 0 bridgehead atoms. The lowest BCUT2D eigenvalue weighted by Gasteiger charge is -2.16. The van der Waals surface area contributed by atoms with E-state index in [1.54, 1.807) is 13.8 Å². The van der Waals surface area contributed by atoms with E-state index < -0.39 is 21.0 Å². The third-order valence-electron chi connectivity index (χ3n) is 2.53. The fourth-order valence-electron chi connectivity index (χ4n) is 1.48. The Hall–Kier alpha value is -1.27. The van der Waals surface area contributed by atoms with Gasteiger partial charge in [0.25, 0.3) is 0 Å². The third kappa shape index (κ3) is 3.61. The maximum atomic E-state index is 12.3. The van der Waals surface area contributed by atoms with Gasteiger partial charge in [-0.3, -0.25) is 4.79 Å². The number of nitrogens with one attached hydrogen (secondary N) is 1. The van der Waals surface area contributed by atoms with Gasteiger partial charge in [-0.15, -0.1) is 0 Å². The summed E-state index contributed by atoms with van der Waals surface area (Å²) in [6, 6.07) is 3.96. The summed E-state index contributed by atoms with van der Waals surface area (Å²) in [5, 5.41) is 1.37. The minimum absolute atomic E-state index is 0.0178. The Labute approximate surface area is 118 Å². The number of amides is 1. The van der Waals surface area contributed by atoms with Crippen LogP contribution in [0, 0.1) is 0 Å². The molecule has 5 nitrogen and oxygen atoms in total. The number of hydrogen-bond acceptors (Lipinski definition) is 4. The average Bonchev–Trinajstić information content (AvgIpc) is 2.26. The summed E-state index contributed by atoms with van der Waals surface area (Å²) in [6.45, 7) is 4.85. The second-order valence-electron chi connectivity index (χ2n) is 4.54. The molecule has 0 aliphatic rings. The first-order valence-electron chi connectivity index (χ1n) is 5.75. The Morgan fingerprint density at radius 1 is 1.32 bits per heavy atom. The predicted octanol–water partition coefficient (Wildman–Crippen LogP) is 1.61. The van der Waals surface area contributed by atoms with Crippen LogP contribution in [0.1, 0.15) is 20.8 Å². The summed E-state index contributed by atoms with van der Waals surface area (Å²) < 4.78 is 24.6. The molecule has 1 aromatic carbocycles. The third-order valence-corrected chi connectivity index (χ3v) is 5.07. The summed E-state index contributed by atoms with van der Waals surface area (Å²) in [5.41, 5.74) is 5.88. The quantitative estimate of drug-likeness (QED) is 0.827. The number of hydrogen-bond donors (Lipinski definition) is 2. The van der Waals surface area contributed by atoms with Crippen LogP contribution in [0.4, 0.5) is 5.69 Å². The molecule has 0 saturated heterocycles. The smallest absolute Gasteiger partial charge is 0.238 e. The van der Waals surface area contributed by atoms with Crippen molar-refractivity contribution in [2.45, 2.75) is 37.0 Å². The van der Waals surface area contributed by atoms with Gasteiger partial charge in [0.15, 0.2) is 9.84 Å². The van der Waals surface area contributed by atoms with Crippen LogP contribution in [0.2, 0.25) is 5.02 Å². The first-order valence-corrected chi connectivity index (χ1v) is 7.68. The number of sulfone groups is 1. The van der Waals surface area contributed by atoms with E-state index in [2.05, 4.69) is 5.32 Å². The highest BCUT2D eigenvalue weighted by Crippen LogP contribution is 2.27. The van der Waals surface area contributed by atoms with Crippen LogP contribution in [0.3, 0.4) is 0 Å². The zero-order valence-corrected chi connectivity index (χ0v) is 12.5. The van der Waals surface area contributed by atoms with E-state index in [0.29, 0.717) is 5.69 Å². The summed E-state index contributed by atoms with van der Waals surface area (Å²) in [5.74, 6) is -0.553. The Balaban J connectivity index is 3.13. The van der Waals surface area contributed by atoms with Gasteiger partial charge >= 0.3 is 0 Å². The van der Waals surface area contributed by atoms with Gasteiger partial charge in [-0.1, -0.05) is 11.6 Å². The number of anilines is 1. The van der Waals surface area contributed by atoms with Crippen molar-refractivity contribution in [3.8, 4) is 0 Å². The number of nitrogen functional groups attached to an aromatic ring is 1. The lowest BCUT2D eigenvalue weighted by Crippen LogP contribution is -2.41. The van der Waals surface area contributed by atoms with Crippen LogP contribution in [-0.4, -0.2) is 25.6 Å². The molecular weight excluding hydrogens is 288 g/mol. The van der Waals surface area contributed by atoms with Crippen LogP contribution < -0.4 is 11.1 Å². The second kappa shape index (κ2) is 5.79. The van der Waals surface area contributed by atoms with Crippen molar-refractivity contribution in [1.82, 2.24) is 5.32 Å². The van der Waals surface area contributed by atoms with Gasteiger partial charge in [-0.25, -0.2) is 8.42 Å². The Morgan fingerprint density at radius 2 is 1.89 bits per heavy atom. The normalized spacial score (nSPS) is 13.3. The largest absolute Gasteiger partial charge is 0.399 e. The first kappa shape index (κ1) is 15.8. The zero-order valence-electron chi connectivity index (χ0n) is 11.0. The van der Waals surface area contributed by atoms with Crippen LogP contribution in [0.5, 0.6) is 0 Å². The highest BCUT2D eigenvalue weighted by atomic mass is 35.5. The highest BCUT2D eigenvalue weighted by Gasteiger charge is 2.31. The molecule has 1 aromatic rings. The van der Waals surface area contributed by atoms with Crippen LogP contribution >= 0.6 is 11.6 Å². The Kier molecular flexibility index (Phi) is 4.81. The lowest BCUT2D eigenvalue weighted by atomic mass is 10.3. The topological polar surface area (TPSA) is 89.3 Å². The molecule has 0 aliphatic heterocycles. The van der Waals surface area contributed by atoms with Crippen molar-refractivity contribution in [2.75, 3.05) is 5.73 Å². The van der Waals surface area contributed by atoms with Gasteiger partial charge in [-0.2, -0.15) is 0 Å². The van der Waals surface area contributed by atoms with Gasteiger partial charge < -0.3 is 11.1 Å². The molecule has 1 unspecified atom stereocenters. The van der Waals surface area contributed by atoms with Gasteiger partial charge in [0.05, 0.1) is 9.92 Å². The van der Waals surface area contributed by atoms with Crippen molar-refractivity contribution in [3.05, 3.63) is 23.2 Å². The van der Waals surface area contributed by atoms with E-state index >= 15 is 0 Å². The molecule has 106 valence electrons. The predicted molar refractivity (Wildman–Crippen MR) is 75.8 cm³/mol. The SMILES string of the molecule is CC(C)NC(=O)C(C)S(=O)(=O)c1ccc(N)cc1Cl. The molecular formula is C12H17ClN2O3S. The van der Waals surface area contributed by atoms with Gasteiger partial charge in [-0.05, 0) is 39.0 Å². The summed E-state index contributed by atoms with van der Waals surface area (Å²) in [4.78, 5) is 11.7. The van der Waals surface area contributed by atoms with Crippen molar-refractivity contribution in [1.29, 1.82) is 0 Å². The van der Waals surface area contributed by atoms with E-state index in [9.17, 15) is 13.2 Å². The highest BCUT2D eigenvalue weighted by molar-refractivity contribution is 7.92. The van der Waals surface area contributed by atoms with Gasteiger partial charge in [0.1, 0.15) is 5.25 Å². The fourth-order valence-corrected chi connectivity index (χ4v) is 3.31. The summed E-state index contributed by atoms with van der Waals surface area (Å²) in [6.07, 6.45) is 0. The number of rotatable bonds is 4. The van der Waals surface area contributed by atoms with E-state index in [1.807, 2.05) is 0 Å². The second-order valence-corrected chi connectivity index (χ2v) is 7.18. The van der Waals surface area contributed by atoms with Crippen LogP contribution in [0.15, 0.2) is 23.1 Å². The standard InChI is InChI=1S/C12H17ClN2O3S/c1-7(2)15-12(16)8(3)19(17,18)11-5-4-9(14)6-10(11)13/h4-8H,14H2,1-3H3,(H,15,16). The lowest BCUT2D eigenvalue weighted by molar-refractivity contribution is -0.120. The van der Waals surface area contributed by atoms with E-state index in [4.69, 9.17) is 17.3 Å². The van der Waals surface area contributed by atoms with Crippen LogP contribution in [0.25, 0.3) is 0 Å². The molecule has 19 heavy (non-hydrogen) atoms. The minimum Gasteiger partial charge on any atom is -0.399 e. The molecule has 0 spiro atoms. The summed E-state index contributed by atoms with van der Waals surface area (Å²) >= 11 is 5.88. The van der Waals surface area contributed by atoms with E-state index in [0.717, 1.165) is 0 Å². The number of halogens is 1. The maximum Gasteiger partial charge on any atom is 0.238 e. The molecule has 0 fully saturated rings. The van der Waals surface area contributed by atoms with Crippen LogP contribution in [-0.2, 0) is 14.6 Å². The molecule has 0 heterocycles. The Bertz CT molecular complexity index is 585. The molecule has 0 radical (unpaired) electrons. The number of nitrogens with two attached hydrogens (primary N) is 1. The zero-order chi connectivity index (χ0) is 14.8. The molecule has 0 saturated carbocycles. The number of carbonyl (C=O) groups excluding carboxylic acids is 1. The molecule has 3 N–H and O–H groups in total. The van der Waals surface area contributed by atoms with Gasteiger partial charge in [0.2, 0.25) is 5.91 Å². The fraction of sp³-hybridized carbons (Fsp3) is 0.417. The van der Waals surface area contributed by atoms with Crippen molar-refractivity contribution >= 4 is 33.0 Å². The molecule has 1 amide bonds.